The third-order valence-corrected chi connectivity index (χ3v) is 5.15. The van der Waals surface area contributed by atoms with Gasteiger partial charge in [0.05, 0.1) is 5.25 Å². The highest BCUT2D eigenvalue weighted by Gasteiger charge is 2.18. The number of thioether (sulfide) groups is 1. The number of aromatic nitrogens is 2. The zero-order valence-corrected chi connectivity index (χ0v) is 13.8. The van der Waals surface area contributed by atoms with E-state index in [0.717, 1.165) is 27.5 Å². The SMILES string of the molecule is CCNC(=O)C(C)Sc1nc(C)nc2sc(CC)cc12. The fraction of sp³-hybridized carbons (Fsp3) is 0.500. The number of thiophene rings is 1. The molecule has 20 heavy (non-hydrogen) atoms. The van der Waals surface area contributed by atoms with Crippen LogP contribution in [0.2, 0.25) is 0 Å². The van der Waals surface area contributed by atoms with Crippen molar-refractivity contribution in [2.75, 3.05) is 6.54 Å². The van der Waals surface area contributed by atoms with Crippen molar-refractivity contribution in [1.29, 1.82) is 0 Å². The van der Waals surface area contributed by atoms with E-state index >= 15 is 0 Å². The van der Waals surface area contributed by atoms with Crippen molar-refractivity contribution < 1.29 is 4.79 Å². The van der Waals surface area contributed by atoms with Crippen molar-refractivity contribution in [3.8, 4) is 0 Å². The number of amides is 1. The van der Waals surface area contributed by atoms with Gasteiger partial charge in [-0.15, -0.1) is 11.3 Å². The molecule has 0 aromatic carbocycles. The van der Waals surface area contributed by atoms with Gasteiger partial charge in [-0.1, -0.05) is 18.7 Å². The Kier molecular flexibility index (Phi) is 4.99. The molecule has 0 saturated carbocycles. The summed E-state index contributed by atoms with van der Waals surface area (Å²) in [5.74, 6) is 0.806. The Balaban J connectivity index is 2.33. The van der Waals surface area contributed by atoms with Gasteiger partial charge in [-0.3, -0.25) is 4.79 Å². The van der Waals surface area contributed by atoms with Gasteiger partial charge in [0.1, 0.15) is 15.7 Å². The molecule has 1 amide bonds. The first-order chi connectivity index (χ1) is 9.55. The molecule has 0 spiro atoms. The van der Waals surface area contributed by atoms with Crippen LogP contribution in [0.25, 0.3) is 10.2 Å². The maximum Gasteiger partial charge on any atom is 0.233 e. The Morgan fingerprint density at radius 2 is 2.20 bits per heavy atom. The maximum absolute atomic E-state index is 11.9. The Morgan fingerprint density at radius 1 is 1.45 bits per heavy atom. The van der Waals surface area contributed by atoms with Crippen LogP contribution in [0.4, 0.5) is 0 Å². The molecule has 0 aliphatic carbocycles. The molecule has 0 radical (unpaired) electrons. The van der Waals surface area contributed by atoms with Crippen molar-refractivity contribution in [2.24, 2.45) is 0 Å². The second kappa shape index (κ2) is 6.54. The molecular formula is C14H19N3OS2. The molecule has 2 heterocycles. The van der Waals surface area contributed by atoms with Gasteiger partial charge >= 0.3 is 0 Å². The third-order valence-electron chi connectivity index (χ3n) is 2.88. The number of hydrogen-bond donors (Lipinski definition) is 1. The quantitative estimate of drug-likeness (QED) is 0.681. The van der Waals surface area contributed by atoms with E-state index in [1.807, 2.05) is 20.8 Å². The fourth-order valence-corrected chi connectivity index (χ4v) is 3.92. The van der Waals surface area contributed by atoms with Gasteiger partial charge in [-0.2, -0.15) is 0 Å². The summed E-state index contributed by atoms with van der Waals surface area (Å²) < 4.78 is 0. The van der Waals surface area contributed by atoms with E-state index in [4.69, 9.17) is 0 Å². The van der Waals surface area contributed by atoms with Crippen LogP contribution in [-0.4, -0.2) is 27.7 Å². The number of nitrogens with one attached hydrogen (secondary N) is 1. The van der Waals surface area contributed by atoms with Crippen molar-refractivity contribution in [1.82, 2.24) is 15.3 Å². The number of hydrogen-bond acceptors (Lipinski definition) is 5. The minimum atomic E-state index is -0.155. The van der Waals surface area contributed by atoms with E-state index in [0.29, 0.717) is 6.54 Å². The number of carbonyl (C=O) groups excluding carboxylic acids is 1. The summed E-state index contributed by atoms with van der Waals surface area (Å²) in [6, 6.07) is 2.15. The highest BCUT2D eigenvalue weighted by Crippen LogP contribution is 2.33. The second-order valence-corrected chi connectivity index (χ2v) is 6.96. The average molecular weight is 309 g/mol. The van der Waals surface area contributed by atoms with Crippen LogP contribution in [0, 0.1) is 6.92 Å². The third kappa shape index (κ3) is 3.30. The minimum absolute atomic E-state index is 0.0489. The van der Waals surface area contributed by atoms with E-state index in [1.54, 1.807) is 11.3 Å². The van der Waals surface area contributed by atoms with Crippen molar-refractivity contribution in [3.63, 3.8) is 0 Å². The van der Waals surface area contributed by atoms with E-state index < -0.39 is 0 Å². The van der Waals surface area contributed by atoms with Crippen LogP contribution < -0.4 is 5.32 Å². The number of nitrogens with zero attached hydrogens (tertiary/aromatic N) is 2. The van der Waals surface area contributed by atoms with Crippen molar-refractivity contribution >= 4 is 39.2 Å². The van der Waals surface area contributed by atoms with Gasteiger partial charge in [0, 0.05) is 16.8 Å². The topological polar surface area (TPSA) is 54.9 Å². The van der Waals surface area contributed by atoms with Crippen LogP contribution in [-0.2, 0) is 11.2 Å². The van der Waals surface area contributed by atoms with Gasteiger partial charge in [0.15, 0.2) is 0 Å². The van der Waals surface area contributed by atoms with E-state index in [9.17, 15) is 4.79 Å². The molecule has 0 fully saturated rings. The average Bonchev–Trinajstić information content (AvgIpc) is 2.81. The van der Waals surface area contributed by atoms with Gasteiger partial charge < -0.3 is 5.32 Å². The molecule has 108 valence electrons. The standard InChI is InChI=1S/C14H19N3OS2/c1-5-10-7-11-13(16-9(4)17-14(11)20-10)19-8(3)12(18)15-6-2/h7-8H,5-6H2,1-4H3,(H,15,18). The summed E-state index contributed by atoms with van der Waals surface area (Å²) in [6.45, 7) is 8.52. The molecular weight excluding hydrogens is 290 g/mol. The van der Waals surface area contributed by atoms with Crippen molar-refractivity contribution in [3.05, 3.63) is 16.8 Å². The van der Waals surface area contributed by atoms with Crippen LogP contribution >= 0.6 is 23.1 Å². The fourth-order valence-electron chi connectivity index (χ4n) is 1.85. The Hall–Kier alpha value is -1.14. The monoisotopic (exact) mass is 309 g/mol. The molecule has 0 aliphatic rings. The van der Waals surface area contributed by atoms with Crippen LogP contribution in [0.3, 0.4) is 0 Å². The van der Waals surface area contributed by atoms with E-state index in [-0.39, 0.29) is 11.2 Å². The molecule has 2 aromatic rings. The molecule has 2 aromatic heterocycles. The molecule has 0 saturated heterocycles. The first kappa shape index (κ1) is 15.3. The number of rotatable bonds is 5. The van der Waals surface area contributed by atoms with E-state index in [2.05, 4.69) is 28.3 Å². The van der Waals surface area contributed by atoms with Crippen molar-refractivity contribution in [2.45, 2.75) is 44.4 Å². The van der Waals surface area contributed by atoms with Gasteiger partial charge in [0.2, 0.25) is 5.91 Å². The lowest BCUT2D eigenvalue weighted by atomic mass is 10.3. The molecule has 0 aliphatic heterocycles. The lowest BCUT2D eigenvalue weighted by molar-refractivity contribution is -0.120. The van der Waals surface area contributed by atoms with Gasteiger partial charge in [-0.25, -0.2) is 9.97 Å². The number of aryl methyl sites for hydroxylation is 2. The highest BCUT2D eigenvalue weighted by atomic mass is 32.2. The van der Waals surface area contributed by atoms with Gasteiger partial charge in [-0.05, 0) is 33.3 Å². The Labute approximate surface area is 127 Å². The van der Waals surface area contributed by atoms with E-state index in [1.165, 1.54) is 16.6 Å². The molecule has 4 nitrogen and oxygen atoms in total. The summed E-state index contributed by atoms with van der Waals surface area (Å²) in [4.78, 5) is 23.2. The minimum Gasteiger partial charge on any atom is -0.355 e. The van der Waals surface area contributed by atoms with Crippen LogP contribution in [0.15, 0.2) is 11.1 Å². The Bertz CT molecular complexity index is 624. The lowest BCUT2D eigenvalue weighted by Gasteiger charge is -2.11. The summed E-state index contributed by atoms with van der Waals surface area (Å²) >= 11 is 3.21. The lowest BCUT2D eigenvalue weighted by Crippen LogP contribution is -2.30. The van der Waals surface area contributed by atoms with Gasteiger partial charge in [0.25, 0.3) is 0 Å². The largest absolute Gasteiger partial charge is 0.355 e. The molecule has 0 bridgehead atoms. The first-order valence-electron chi connectivity index (χ1n) is 6.76. The summed E-state index contributed by atoms with van der Waals surface area (Å²) in [7, 11) is 0. The molecule has 1 unspecified atom stereocenters. The summed E-state index contributed by atoms with van der Waals surface area (Å²) in [6.07, 6.45) is 0.996. The molecule has 6 heteroatoms. The maximum atomic E-state index is 11.9. The van der Waals surface area contributed by atoms with Crippen LogP contribution in [0.5, 0.6) is 0 Å². The predicted molar refractivity (Wildman–Crippen MR) is 85.5 cm³/mol. The Morgan fingerprint density at radius 3 is 2.85 bits per heavy atom. The smallest absolute Gasteiger partial charge is 0.233 e. The predicted octanol–water partition coefficient (Wildman–Crippen LogP) is 3.18. The highest BCUT2D eigenvalue weighted by molar-refractivity contribution is 8.00. The number of fused-ring (bicyclic) bond motifs is 1. The number of carbonyl (C=O) groups is 1. The summed E-state index contributed by atoms with van der Waals surface area (Å²) in [5, 5.41) is 4.66. The second-order valence-electron chi connectivity index (χ2n) is 4.52. The molecule has 1 N–H and O–H groups in total. The molecule has 2 rings (SSSR count). The van der Waals surface area contributed by atoms with Crippen LogP contribution in [0.1, 0.15) is 31.5 Å². The zero-order chi connectivity index (χ0) is 14.7. The normalized spacial score (nSPS) is 12.6. The zero-order valence-electron chi connectivity index (χ0n) is 12.2. The first-order valence-corrected chi connectivity index (χ1v) is 8.46. The summed E-state index contributed by atoms with van der Waals surface area (Å²) in [5.41, 5.74) is 0. The molecule has 1 atom stereocenters.